The molecule has 1 aromatic carbocycles. The van der Waals surface area contributed by atoms with Crippen molar-refractivity contribution in [3.63, 3.8) is 0 Å². The van der Waals surface area contributed by atoms with Crippen LogP contribution in [0.2, 0.25) is 0 Å². The lowest BCUT2D eigenvalue weighted by atomic mass is 10.0. The molecule has 1 aliphatic carbocycles. The van der Waals surface area contributed by atoms with Crippen LogP contribution < -0.4 is 4.74 Å². The van der Waals surface area contributed by atoms with E-state index in [1.54, 1.807) is 7.11 Å². The summed E-state index contributed by atoms with van der Waals surface area (Å²) in [4.78, 5) is 11.0. The standard InChI is InChI=1S/C11H11BrO3/c1-15-10-4-6-2-3-7(11(13)14)8(6)5-9(10)12/h4-5,7H,2-3H2,1H3,(H,13,14). The molecule has 0 heterocycles. The van der Waals surface area contributed by atoms with Gasteiger partial charge in [-0.05, 0) is 52.0 Å². The molecule has 0 aliphatic heterocycles. The van der Waals surface area contributed by atoms with Crippen LogP contribution in [0.4, 0.5) is 0 Å². The number of aryl methyl sites for hydroxylation is 1. The first-order valence-electron chi connectivity index (χ1n) is 4.72. The molecule has 0 aromatic heterocycles. The van der Waals surface area contributed by atoms with E-state index in [1.807, 2.05) is 12.1 Å². The molecule has 80 valence electrons. The molecule has 1 unspecified atom stereocenters. The lowest BCUT2D eigenvalue weighted by Crippen LogP contribution is -2.07. The predicted molar refractivity (Wildman–Crippen MR) is 59.4 cm³/mol. The lowest BCUT2D eigenvalue weighted by Gasteiger charge is -2.09. The zero-order valence-corrected chi connectivity index (χ0v) is 9.87. The van der Waals surface area contributed by atoms with Crippen molar-refractivity contribution in [3.05, 3.63) is 27.7 Å². The Bertz CT molecular complexity index is 415. The van der Waals surface area contributed by atoms with Gasteiger partial charge in [-0.2, -0.15) is 0 Å². The summed E-state index contributed by atoms with van der Waals surface area (Å²) >= 11 is 3.37. The van der Waals surface area contributed by atoms with Crippen LogP contribution in [0.5, 0.6) is 5.75 Å². The minimum absolute atomic E-state index is 0.359. The number of benzene rings is 1. The number of rotatable bonds is 2. The number of carbonyl (C=O) groups is 1. The first kappa shape index (κ1) is 10.5. The molecule has 2 rings (SSSR count). The smallest absolute Gasteiger partial charge is 0.310 e. The van der Waals surface area contributed by atoms with E-state index in [9.17, 15) is 4.79 Å². The Balaban J connectivity index is 2.47. The number of hydrogen-bond acceptors (Lipinski definition) is 2. The summed E-state index contributed by atoms with van der Waals surface area (Å²) < 4.78 is 5.99. The maximum absolute atomic E-state index is 11.0. The highest BCUT2D eigenvalue weighted by atomic mass is 79.9. The molecule has 15 heavy (non-hydrogen) atoms. The number of halogens is 1. The first-order chi connectivity index (χ1) is 7.13. The molecule has 0 saturated carbocycles. The molecule has 0 bridgehead atoms. The van der Waals surface area contributed by atoms with Crippen molar-refractivity contribution >= 4 is 21.9 Å². The van der Waals surface area contributed by atoms with Gasteiger partial charge in [0.1, 0.15) is 5.75 Å². The fourth-order valence-electron chi connectivity index (χ4n) is 2.02. The molecule has 0 fully saturated rings. The van der Waals surface area contributed by atoms with E-state index in [2.05, 4.69) is 15.9 Å². The van der Waals surface area contributed by atoms with Crippen molar-refractivity contribution in [3.8, 4) is 5.75 Å². The third-order valence-corrected chi connectivity index (χ3v) is 3.41. The van der Waals surface area contributed by atoms with Gasteiger partial charge < -0.3 is 9.84 Å². The van der Waals surface area contributed by atoms with Gasteiger partial charge in [0.25, 0.3) is 0 Å². The molecule has 4 heteroatoms. The van der Waals surface area contributed by atoms with Crippen LogP contribution in [-0.2, 0) is 11.2 Å². The van der Waals surface area contributed by atoms with Gasteiger partial charge in [-0.1, -0.05) is 0 Å². The molecule has 1 aliphatic rings. The Morgan fingerprint density at radius 2 is 2.33 bits per heavy atom. The molecule has 3 nitrogen and oxygen atoms in total. The molecule has 1 atom stereocenters. The molecular formula is C11H11BrO3. The second-order valence-corrected chi connectivity index (χ2v) is 4.47. The highest BCUT2D eigenvalue weighted by Crippen LogP contribution is 2.39. The van der Waals surface area contributed by atoms with E-state index in [0.717, 1.165) is 27.8 Å². The van der Waals surface area contributed by atoms with Crippen LogP contribution in [0.3, 0.4) is 0 Å². The number of carboxylic acids is 1. The summed E-state index contributed by atoms with van der Waals surface area (Å²) in [5.41, 5.74) is 2.00. The number of fused-ring (bicyclic) bond motifs is 1. The molecular weight excluding hydrogens is 260 g/mol. The molecule has 0 amide bonds. The van der Waals surface area contributed by atoms with Gasteiger partial charge in [0.15, 0.2) is 0 Å². The minimum Gasteiger partial charge on any atom is -0.496 e. The zero-order chi connectivity index (χ0) is 11.0. The molecule has 0 saturated heterocycles. The maximum Gasteiger partial charge on any atom is 0.310 e. The third-order valence-electron chi connectivity index (χ3n) is 2.79. The predicted octanol–water partition coefficient (Wildman–Crippen LogP) is 2.57. The van der Waals surface area contributed by atoms with Crippen LogP contribution in [0, 0.1) is 0 Å². The summed E-state index contributed by atoms with van der Waals surface area (Å²) in [6, 6.07) is 3.78. The van der Waals surface area contributed by atoms with Crippen molar-refractivity contribution < 1.29 is 14.6 Å². The summed E-state index contributed by atoms with van der Waals surface area (Å²) in [6.07, 6.45) is 1.50. The van der Waals surface area contributed by atoms with Gasteiger partial charge >= 0.3 is 5.97 Å². The number of aliphatic carboxylic acids is 1. The Morgan fingerprint density at radius 3 is 2.93 bits per heavy atom. The number of ether oxygens (including phenoxy) is 1. The first-order valence-corrected chi connectivity index (χ1v) is 5.52. The normalized spacial score (nSPS) is 18.7. The fraction of sp³-hybridized carbons (Fsp3) is 0.364. The van der Waals surface area contributed by atoms with Crippen molar-refractivity contribution in [2.24, 2.45) is 0 Å². The topological polar surface area (TPSA) is 46.5 Å². The van der Waals surface area contributed by atoms with E-state index in [1.165, 1.54) is 0 Å². The second kappa shape index (κ2) is 3.85. The van der Waals surface area contributed by atoms with Crippen LogP contribution in [-0.4, -0.2) is 18.2 Å². The highest BCUT2D eigenvalue weighted by Gasteiger charge is 2.29. The van der Waals surface area contributed by atoms with Crippen molar-refractivity contribution in [1.29, 1.82) is 0 Å². The quantitative estimate of drug-likeness (QED) is 0.899. The summed E-state index contributed by atoms with van der Waals surface area (Å²) in [6.45, 7) is 0. The van der Waals surface area contributed by atoms with Crippen LogP contribution in [0.25, 0.3) is 0 Å². The van der Waals surface area contributed by atoms with Gasteiger partial charge in [-0.15, -0.1) is 0 Å². The Morgan fingerprint density at radius 1 is 1.60 bits per heavy atom. The van der Waals surface area contributed by atoms with E-state index in [0.29, 0.717) is 6.42 Å². The Labute approximate surface area is 96.2 Å². The van der Waals surface area contributed by atoms with Gasteiger partial charge in [0.05, 0.1) is 17.5 Å². The van der Waals surface area contributed by atoms with E-state index in [4.69, 9.17) is 9.84 Å². The van der Waals surface area contributed by atoms with Gasteiger partial charge in [-0.25, -0.2) is 0 Å². The Kier molecular flexibility index (Phi) is 2.69. The van der Waals surface area contributed by atoms with Crippen LogP contribution >= 0.6 is 15.9 Å². The average molecular weight is 271 g/mol. The van der Waals surface area contributed by atoms with Gasteiger partial charge in [0, 0.05) is 0 Å². The number of methoxy groups -OCH3 is 1. The molecule has 1 aromatic rings. The average Bonchev–Trinajstić information content (AvgIpc) is 2.59. The summed E-state index contributed by atoms with van der Waals surface area (Å²) in [5.74, 6) is -0.340. The Hall–Kier alpha value is -1.03. The van der Waals surface area contributed by atoms with E-state index >= 15 is 0 Å². The zero-order valence-electron chi connectivity index (χ0n) is 8.29. The SMILES string of the molecule is COc1cc2c(cc1Br)C(C(=O)O)CC2. The molecule has 0 spiro atoms. The monoisotopic (exact) mass is 270 g/mol. The van der Waals surface area contributed by atoms with Crippen LogP contribution in [0.15, 0.2) is 16.6 Å². The molecule has 1 N–H and O–H groups in total. The van der Waals surface area contributed by atoms with Gasteiger partial charge in [-0.3, -0.25) is 4.79 Å². The van der Waals surface area contributed by atoms with Gasteiger partial charge in [0.2, 0.25) is 0 Å². The largest absolute Gasteiger partial charge is 0.496 e. The lowest BCUT2D eigenvalue weighted by molar-refractivity contribution is -0.138. The third kappa shape index (κ3) is 1.74. The fourth-order valence-corrected chi connectivity index (χ4v) is 2.54. The summed E-state index contributed by atoms with van der Waals surface area (Å²) in [5, 5.41) is 9.03. The van der Waals surface area contributed by atoms with E-state index < -0.39 is 5.97 Å². The number of hydrogen-bond donors (Lipinski definition) is 1. The second-order valence-electron chi connectivity index (χ2n) is 3.62. The minimum atomic E-state index is -0.745. The van der Waals surface area contributed by atoms with Crippen molar-refractivity contribution in [1.82, 2.24) is 0 Å². The van der Waals surface area contributed by atoms with Crippen molar-refractivity contribution in [2.75, 3.05) is 7.11 Å². The molecule has 0 radical (unpaired) electrons. The maximum atomic E-state index is 11.0. The van der Waals surface area contributed by atoms with Crippen molar-refractivity contribution in [2.45, 2.75) is 18.8 Å². The van der Waals surface area contributed by atoms with Crippen LogP contribution in [0.1, 0.15) is 23.5 Å². The highest BCUT2D eigenvalue weighted by molar-refractivity contribution is 9.10. The summed E-state index contributed by atoms with van der Waals surface area (Å²) in [7, 11) is 1.61. The van der Waals surface area contributed by atoms with E-state index in [-0.39, 0.29) is 5.92 Å². The number of carboxylic acid groups (broad SMARTS) is 1.